The Balaban J connectivity index is 1.89. The molecule has 0 radical (unpaired) electrons. The van der Waals surface area contributed by atoms with Crippen LogP contribution >= 0.6 is 0 Å². The number of carbonyl (C=O) groups is 2. The summed E-state index contributed by atoms with van der Waals surface area (Å²) >= 11 is 0. The summed E-state index contributed by atoms with van der Waals surface area (Å²) in [6.07, 6.45) is 7.14. The Morgan fingerprint density at radius 1 is 1.00 bits per heavy atom. The smallest absolute Gasteiger partial charge is 0.309 e. The molecule has 6 heteroatoms. The quantitative estimate of drug-likeness (QED) is 0.389. The van der Waals surface area contributed by atoms with Crippen LogP contribution in [0.2, 0.25) is 0 Å². The van der Waals surface area contributed by atoms with Crippen LogP contribution in [0.4, 0.5) is 0 Å². The van der Waals surface area contributed by atoms with Gasteiger partial charge in [0.05, 0.1) is 10.8 Å². The van der Waals surface area contributed by atoms with Crippen LogP contribution < -0.4 is 0 Å². The molecule has 0 amide bonds. The number of hydrogen-bond acceptors (Lipinski definition) is 4. The molecule has 1 fully saturated rings. The Labute approximate surface area is 166 Å². The van der Waals surface area contributed by atoms with Crippen molar-refractivity contribution in [2.24, 2.45) is 10.8 Å². The van der Waals surface area contributed by atoms with Crippen molar-refractivity contribution in [1.82, 2.24) is 0 Å². The number of aliphatic carboxylic acids is 2. The summed E-state index contributed by atoms with van der Waals surface area (Å²) in [7, 11) is 0. The number of hydrogen-bond donors (Lipinski definition) is 4. The van der Waals surface area contributed by atoms with E-state index in [1.54, 1.807) is 19.9 Å². The summed E-state index contributed by atoms with van der Waals surface area (Å²) in [5.74, 6) is -1.42. The number of phenols is 2. The van der Waals surface area contributed by atoms with Crippen molar-refractivity contribution in [2.45, 2.75) is 78.1 Å². The van der Waals surface area contributed by atoms with Gasteiger partial charge in [0.15, 0.2) is 0 Å². The molecule has 0 aliphatic heterocycles. The molecule has 1 aromatic carbocycles. The van der Waals surface area contributed by atoms with Gasteiger partial charge in [0.1, 0.15) is 11.5 Å². The zero-order chi connectivity index (χ0) is 20.9. The largest absolute Gasteiger partial charge is 0.508 e. The molecule has 0 unspecified atom stereocenters. The molecule has 0 bridgehead atoms. The van der Waals surface area contributed by atoms with Gasteiger partial charge in [-0.1, -0.05) is 12.8 Å². The highest BCUT2D eigenvalue weighted by atomic mass is 16.4. The van der Waals surface area contributed by atoms with Crippen LogP contribution in [0.3, 0.4) is 0 Å². The minimum Gasteiger partial charge on any atom is -0.508 e. The van der Waals surface area contributed by atoms with E-state index in [1.807, 2.05) is 0 Å². The van der Waals surface area contributed by atoms with Gasteiger partial charge in [0.25, 0.3) is 0 Å². The van der Waals surface area contributed by atoms with Crippen molar-refractivity contribution in [3.05, 3.63) is 23.3 Å². The number of carboxylic acid groups (broad SMARTS) is 2. The Morgan fingerprint density at radius 2 is 1.64 bits per heavy atom. The lowest BCUT2D eigenvalue weighted by atomic mass is 9.86. The predicted octanol–water partition coefficient (Wildman–Crippen LogP) is 4.50. The fraction of sp³-hybridized carbons (Fsp3) is 0.636. The normalized spacial score (nSPS) is 15.4. The lowest BCUT2D eigenvalue weighted by molar-refractivity contribution is -0.147. The van der Waals surface area contributed by atoms with Gasteiger partial charge < -0.3 is 20.4 Å². The van der Waals surface area contributed by atoms with Crippen molar-refractivity contribution in [2.75, 3.05) is 0 Å². The predicted molar refractivity (Wildman–Crippen MR) is 106 cm³/mol. The SMILES string of the molecule is CC(C)(CCCCc1c(O)cc(O)cc1CCCCC1(C(=O)O)CC1)C(=O)O. The van der Waals surface area contributed by atoms with Crippen LogP contribution in [-0.4, -0.2) is 32.4 Å². The van der Waals surface area contributed by atoms with Crippen LogP contribution in [0.15, 0.2) is 12.1 Å². The summed E-state index contributed by atoms with van der Waals surface area (Å²) in [6, 6.07) is 3.00. The van der Waals surface area contributed by atoms with Crippen molar-refractivity contribution in [3.63, 3.8) is 0 Å². The van der Waals surface area contributed by atoms with Crippen molar-refractivity contribution >= 4 is 11.9 Å². The van der Waals surface area contributed by atoms with Gasteiger partial charge in [-0.25, -0.2) is 0 Å². The molecule has 2 rings (SSSR count). The molecule has 1 saturated carbocycles. The first-order valence-corrected chi connectivity index (χ1v) is 10.1. The van der Waals surface area contributed by atoms with Gasteiger partial charge >= 0.3 is 11.9 Å². The molecule has 0 saturated heterocycles. The summed E-state index contributed by atoms with van der Waals surface area (Å²) in [5.41, 5.74) is 0.407. The van der Waals surface area contributed by atoms with Gasteiger partial charge in [0, 0.05) is 6.07 Å². The van der Waals surface area contributed by atoms with E-state index < -0.39 is 22.8 Å². The van der Waals surface area contributed by atoms with E-state index >= 15 is 0 Å². The van der Waals surface area contributed by atoms with E-state index in [0.717, 1.165) is 49.7 Å². The minimum atomic E-state index is -0.810. The van der Waals surface area contributed by atoms with Crippen LogP contribution in [0.25, 0.3) is 0 Å². The van der Waals surface area contributed by atoms with E-state index in [1.165, 1.54) is 6.07 Å². The first-order chi connectivity index (χ1) is 13.1. The molecule has 28 heavy (non-hydrogen) atoms. The highest BCUT2D eigenvalue weighted by Crippen LogP contribution is 2.50. The van der Waals surface area contributed by atoms with E-state index in [9.17, 15) is 30.0 Å². The molecular formula is C22H32O6. The zero-order valence-electron chi connectivity index (χ0n) is 16.8. The van der Waals surface area contributed by atoms with Crippen LogP contribution in [-0.2, 0) is 22.4 Å². The maximum atomic E-state index is 11.2. The number of carboxylic acids is 2. The number of rotatable bonds is 12. The van der Waals surface area contributed by atoms with Crippen molar-refractivity contribution in [3.8, 4) is 11.5 Å². The molecule has 0 heterocycles. The summed E-state index contributed by atoms with van der Waals surface area (Å²) in [5, 5.41) is 38.5. The Hall–Kier alpha value is -2.24. The lowest BCUT2D eigenvalue weighted by Gasteiger charge is -2.19. The molecule has 0 aromatic heterocycles. The Morgan fingerprint density at radius 3 is 2.21 bits per heavy atom. The second kappa shape index (κ2) is 8.84. The van der Waals surface area contributed by atoms with Gasteiger partial charge in [-0.05, 0) is 82.4 Å². The Bertz CT molecular complexity index is 718. The van der Waals surface area contributed by atoms with E-state index in [2.05, 4.69) is 0 Å². The average Bonchev–Trinajstić information content (AvgIpc) is 3.38. The number of aryl methyl sites for hydroxylation is 1. The van der Waals surface area contributed by atoms with E-state index in [-0.39, 0.29) is 11.5 Å². The topological polar surface area (TPSA) is 115 Å². The fourth-order valence-electron chi connectivity index (χ4n) is 3.69. The molecule has 0 spiro atoms. The standard InChI is InChI=1S/C22H32O6/c1-21(2,19(25)26)9-5-4-8-17-15(13-16(23)14-18(17)24)7-3-6-10-22(11-12-22)20(27)28/h13-14,23-24H,3-12H2,1-2H3,(H,25,26)(H,27,28). The molecule has 1 aliphatic rings. The summed E-state index contributed by atoms with van der Waals surface area (Å²) in [4.78, 5) is 22.4. The first kappa shape index (κ1) is 22.1. The third kappa shape index (κ3) is 5.63. The molecule has 1 aliphatic carbocycles. The van der Waals surface area contributed by atoms with Crippen molar-refractivity contribution < 1.29 is 30.0 Å². The zero-order valence-corrected chi connectivity index (χ0v) is 16.8. The lowest BCUT2D eigenvalue weighted by Crippen LogP contribution is -2.23. The van der Waals surface area contributed by atoms with Gasteiger partial charge in [0.2, 0.25) is 0 Å². The molecule has 6 nitrogen and oxygen atoms in total. The molecule has 4 N–H and O–H groups in total. The van der Waals surface area contributed by atoms with E-state index in [4.69, 9.17) is 0 Å². The minimum absolute atomic E-state index is 0.0208. The average molecular weight is 392 g/mol. The monoisotopic (exact) mass is 392 g/mol. The third-order valence-electron chi connectivity index (χ3n) is 6.02. The molecule has 0 atom stereocenters. The highest BCUT2D eigenvalue weighted by Gasteiger charge is 2.49. The summed E-state index contributed by atoms with van der Waals surface area (Å²) in [6.45, 7) is 3.42. The van der Waals surface area contributed by atoms with Crippen LogP contribution in [0.5, 0.6) is 11.5 Å². The van der Waals surface area contributed by atoms with E-state index in [0.29, 0.717) is 25.7 Å². The molecular weight excluding hydrogens is 360 g/mol. The highest BCUT2D eigenvalue weighted by molar-refractivity contribution is 5.77. The number of unbranched alkanes of at least 4 members (excludes halogenated alkanes) is 2. The number of phenolic OH excluding ortho intramolecular Hbond substituents is 2. The van der Waals surface area contributed by atoms with Gasteiger partial charge in [-0.15, -0.1) is 0 Å². The van der Waals surface area contributed by atoms with Gasteiger partial charge in [-0.3, -0.25) is 9.59 Å². The third-order valence-corrected chi connectivity index (χ3v) is 6.02. The maximum Gasteiger partial charge on any atom is 0.309 e. The fourth-order valence-corrected chi connectivity index (χ4v) is 3.69. The van der Waals surface area contributed by atoms with Crippen LogP contribution in [0, 0.1) is 10.8 Å². The molecule has 1 aromatic rings. The van der Waals surface area contributed by atoms with Crippen LogP contribution in [0.1, 0.15) is 76.3 Å². The number of benzene rings is 1. The summed E-state index contributed by atoms with van der Waals surface area (Å²) < 4.78 is 0. The maximum absolute atomic E-state index is 11.2. The Kier molecular flexibility index (Phi) is 6.96. The van der Waals surface area contributed by atoms with Crippen molar-refractivity contribution in [1.29, 1.82) is 0 Å². The second-order valence-corrected chi connectivity index (χ2v) is 8.79. The second-order valence-electron chi connectivity index (χ2n) is 8.79. The first-order valence-electron chi connectivity index (χ1n) is 10.1. The van der Waals surface area contributed by atoms with Gasteiger partial charge in [-0.2, -0.15) is 0 Å². The molecule has 156 valence electrons. The number of aromatic hydroxyl groups is 2.